The predicted octanol–water partition coefficient (Wildman–Crippen LogP) is 3.29. The molecule has 24 heavy (non-hydrogen) atoms. The molecule has 1 heterocycles. The van der Waals surface area contributed by atoms with Crippen LogP contribution in [-0.4, -0.2) is 30.8 Å². The number of carbonyl (C=O) groups excluding carboxylic acids is 1. The van der Waals surface area contributed by atoms with Crippen LogP contribution in [0.15, 0.2) is 24.3 Å². The second-order valence-electron chi connectivity index (χ2n) is 6.54. The Kier molecular flexibility index (Phi) is 5.74. The topological polar surface area (TPSA) is 53.2 Å². The molecule has 1 unspecified atom stereocenters. The van der Waals surface area contributed by atoms with Gasteiger partial charge in [-0.1, -0.05) is 38.1 Å². The molecule has 1 aromatic carbocycles. The summed E-state index contributed by atoms with van der Waals surface area (Å²) in [6, 6.07) is 7.19. The van der Waals surface area contributed by atoms with Gasteiger partial charge in [-0.3, -0.25) is 0 Å². The van der Waals surface area contributed by atoms with E-state index in [0.717, 1.165) is 5.56 Å². The van der Waals surface area contributed by atoms with Gasteiger partial charge in [-0.25, -0.2) is 4.79 Å². The summed E-state index contributed by atoms with van der Waals surface area (Å²) in [6.07, 6.45) is -3.96. The fraction of sp³-hybridized carbons (Fsp3) is 0.588. The van der Waals surface area contributed by atoms with Crippen LogP contribution in [0.5, 0.6) is 0 Å². The number of hydrogen-bond acceptors (Lipinski definition) is 2. The molecule has 2 amide bonds. The number of amides is 2. The SMILES string of the molecule is CC(C)c1ccc(CNC(=O)NCC2(C(F)(F)F)CCCN2)cc1. The van der Waals surface area contributed by atoms with Crippen LogP contribution in [0.3, 0.4) is 0 Å². The Bertz CT molecular complexity index is 549. The van der Waals surface area contributed by atoms with E-state index in [1.54, 1.807) is 0 Å². The zero-order chi connectivity index (χ0) is 17.8. The van der Waals surface area contributed by atoms with Gasteiger partial charge in [0.15, 0.2) is 0 Å². The summed E-state index contributed by atoms with van der Waals surface area (Å²) in [4.78, 5) is 11.8. The summed E-state index contributed by atoms with van der Waals surface area (Å²) in [5.74, 6) is 0.424. The zero-order valence-electron chi connectivity index (χ0n) is 14.0. The van der Waals surface area contributed by atoms with E-state index in [2.05, 4.69) is 29.8 Å². The summed E-state index contributed by atoms with van der Waals surface area (Å²) < 4.78 is 39.6. The first-order valence-electron chi connectivity index (χ1n) is 8.16. The Morgan fingerprint density at radius 3 is 2.42 bits per heavy atom. The van der Waals surface area contributed by atoms with Gasteiger partial charge in [0, 0.05) is 13.1 Å². The molecule has 1 atom stereocenters. The van der Waals surface area contributed by atoms with Crippen LogP contribution in [-0.2, 0) is 6.54 Å². The number of benzene rings is 1. The van der Waals surface area contributed by atoms with Crippen LogP contribution in [0.25, 0.3) is 0 Å². The van der Waals surface area contributed by atoms with E-state index >= 15 is 0 Å². The minimum atomic E-state index is -4.39. The molecule has 0 spiro atoms. The smallest absolute Gasteiger partial charge is 0.336 e. The highest BCUT2D eigenvalue weighted by atomic mass is 19.4. The third-order valence-electron chi connectivity index (χ3n) is 4.44. The first kappa shape index (κ1) is 18.6. The molecule has 0 saturated carbocycles. The highest BCUT2D eigenvalue weighted by Gasteiger charge is 2.56. The third-order valence-corrected chi connectivity index (χ3v) is 4.44. The Morgan fingerprint density at radius 2 is 1.92 bits per heavy atom. The summed E-state index contributed by atoms with van der Waals surface area (Å²) in [7, 11) is 0. The quantitative estimate of drug-likeness (QED) is 0.768. The highest BCUT2D eigenvalue weighted by molar-refractivity contribution is 5.74. The molecule has 0 aromatic heterocycles. The average Bonchev–Trinajstić information content (AvgIpc) is 3.01. The van der Waals surface area contributed by atoms with Crippen LogP contribution >= 0.6 is 0 Å². The normalized spacial score (nSPS) is 21.1. The second kappa shape index (κ2) is 7.42. The molecule has 1 aromatic rings. The lowest BCUT2D eigenvalue weighted by Crippen LogP contribution is -2.60. The first-order chi connectivity index (χ1) is 11.2. The number of rotatable bonds is 5. The molecule has 1 saturated heterocycles. The van der Waals surface area contributed by atoms with E-state index in [-0.39, 0.29) is 13.0 Å². The third kappa shape index (κ3) is 4.41. The van der Waals surface area contributed by atoms with Crippen LogP contribution in [0.2, 0.25) is 0 Å². The lowest BCUT2D eigenvalue weighted by molar-refractivity contribution is -0.190. The van der Waals surface area contributed by atoms with Crippen molar-refractivity contribution in [2.45, 2.75) is 50.9 Å². The monoisotopic (exact) mass is 343 g/mol. The van der Waals surface area contributed by atoms with Gasteiger partial charge in [0.25, 0.3) is 0 Å². The molecule has 0 bridgehead atoms. The van der Waals surface area contributed by atoms with Gasteiger partial charge >= 0.3 is 12.2 Å². The van der Waals surface area contributed by atoms with Crippen molar-refractivity contribution in [3.63, 3.8) is 0 Å². The minimum Gasteiger partial charge on any atom is -0.336 e. The Morgan fingerprint density at radius 1 is 1.25 bits per heavy atom. The number of alkyl halides is 3. The van der Waals surface area contributed by atoms with Gasteiger partial charge in [-0.05, 0) is 36.4 Å². The molecular formula is C17H24F3N3O. The van der Waals surface area contributed by atoms with Gasteiger partial charge in [-0.15, -0.1) is 0 Å². The molecule has 0 radical (unpaired) electrons. The average molecular weight is 343 g/mol. The molecule has 7 heteroatoms. The zero-order valence-corrected chi connectivity index (χ0v) is 14.0. The summed E-state index contributed by atoms with van der Waals surface area (Å²) >= 11 is 0. The van der Waals surface area contributed by atoms with Crippen LogP contribution in [0, 0.1) is 0 Å². The van der Waals surface area contributed by atoms with Crippen molar-refractivity contribution in [1.29, 1.82) is 0 Å². The Hall–Kier alpha value is -1.76. The van der Waals surface area contributed by atoms with Crippen molar-refractivity contribution in [3.05, 3.63) is 35.4 Å². The summed E-state index contributed by atoms with van der Waals surface area (Å²) in [6.45, 7) is 4.30. The summed E-state index contributed by atoms with van der Waals surface area (Å²) in [5.41, 5.74) is 0.0881. The Balaban J connectivity index is 1.83. The van der Waals surface area contributed by atoms with Crippen molar-refractivity contribution in [2.24, 2.45) is 0 Å². The summed E-state index contributed by atoms with van der Waals surface area (Å²) in [5, 5.41) is 7.42. The van der Waals surface area contributed by atoms with E-state index in [1.165, 1.54) is 5.56 Å². The molecule has 1 aliphatic rings. The second-order valence-corrected chi connectivity index (χ2v) is 6.54. The molecule has 1 fully saturated rings. The lowest BCUT2D eigenvalue weighted by Gasteiger charge is -2.32. The maximum absolute atomic E-state index is 13.2. The molecule has 1 aliphatic heterocycles. The first-order valence-corrected chi connectivity index (χ1v) is 8.16. The molecular weight excluding hydrogens is 319 g/mol. The fourth-order valence-electron chi connectivity index (χ4n) is 2.80. The fourth-order valence-corrected chi connectivity index (χ4v) is 2.80. The molecule has 2 rings (SSSR count). The van der Waals surface area contributed by atoms with Crippen LogP contribution < -0.4 is 16.0 Å². The van der Waals surface area contributed by atoms with Gasteiger partial charge in [0.05, 0.1) is 0 Å². The number of nitrogens with one attached hydrogen (secondary N) is 3. The highest BCUT2D eigenvalue weighted by Crippen LogP contribution is 2.36. The van der Waals surface area contributed by atoms with E-state index < -0.39 is 24.3 Å². The number of urea groups is 1. The van der Waals surface area contributed by atoms with E-state index in [4.69, 9.17) is 0 Å². The number of halogens is 3. The maximum Gasteiger partial charge on any atom is 0.408 e. The van der Waals surface area contributed by atoms with Gasteiger partial charge in [-0.2, -0.15) is 13.2 Å². The van der Waals surface area contributed by atoms with Crippen molar-refractivity contribution in [3.8, 4) is 0 Å². The maximum atomic E-state index is 13.2. The van der Waals surface area contributed by atoms with Gasteiger partial charge in [0.1, 0.15) is 5.54 Å². The van der Waals surface area contributed by atoms with Crippen molar-refractivity contribution >= 4 is 6.03 Å². The van der Waals surface area contributed by atoms with Crippen molar-refractivity contribution in [2.75, 3.05) is 13.1 Å². The van der Waals surface area contributed by atoms with E-state index in [0.29, 0.717) is 18.9 Å². The molecule has 3 N–H and O–H groups in total. The van der Waals surface area contributed by atoms with Crippen molar-refractivity contribution in [1.82, 2.24) is 16.0 Å². The predicted molar refractivity (Wildman–Crippen MR) is 86.8 cm³/mol. The van der Waals surface area contributed by atoms with Gasteiger partial charge < -0.3 is 16.0 Å². The number of carbonyl (C=O) groups is 1. The van der Waals surface area contributed by atoms with Crippen LogP contribution in [0.1, 0.15) is 43.7 Å². The van der Waals surface area contributed by atoms with Crippen molar-refractivity contribution < 1.29 is 18.0 Å². The largest absolute Gasteiger partial charge is 0.408 e. The number of hydrogen-bond donors (Lipinski definition) is 3. The van der Waals surface area contributed by atoms with E-state index in [9.17, 15) is 18.0 Å². The molecule has 4 nitrogen and oxygen atoms in total. The molecule has 0 aliphatic carbocycles. The molecule has 134 valence electrons. The van der Waals surface area contributed by atoms with E-state index in [1.807, 2.05) is 24.3 Å². The minimum absolute atomic E-state index is 0.0204. The van der Waals surface area contributed by atoms with Crippen LogP contribution in [0.4, 0.5) is 18.0 Å². The lowest BCUT2D eigenvalue weighted by atomic mass is 9.97. The van der Waals surface area contributed by atoms with Gasteiger partial charge in [0.2, 0.25) is 0 Å². The Labute approximate surface area is 140 Å². The standard InChI is InChI=1S/C17H24F3N3O/c1-12(2)14-6-4-13(5-7-14)10-21-15(24)22-11-16(17(18,19)20)8-3-9-23-16/h4-7,12,23H,3,8-11H2,1-2H3,(H2,21,22,24).